The van der Waals surface area contributed by atoms with Crippen molar-refractivity contribution in [2.45, 2.75) is 27.7 Å². The lowest BCUT2D eigenvalue weighted by molar-refractivity contribution is -0.137. The second kappa shape index (κ2) is 7.45. The maximum Gasteiger partial charge on any atom is 0.323 e. The number of carbonyl (C=O) groups excluding carboxylic acids is 1. The fourth-order valence-corrected chi connectivity index (χ4v) is 2.80. The smallest absolute Gasteiger partial charge is 0.323 e. The third kappa shape index (κ3) is 5.38. The van der Waals surface area contributed by atoms with Crippen molar-refractivity contribution in [1.82, 2.24) is 4.90 Å². The molecule has 0 spiro atoms. The van der Waals surface area contributed by atoms with E-state index in [2.05, 4.69) is 21.2 Å². The number of carboxylic acids is 1. The van der Waals surface area contributed by atoms with Crippen molar-refractivity contribution in [3.63, 3.8) is 0 Å². The van der Waals surface area contributed by atoms with E-state index in [1.54, 1.807) is 0 Å². The van der Waals surface area contributed by atoms with E-state index < -0.39 is 5.97 Å². The lowest BCUT2D eigenvalue weighted by atomic mass is 10.1. The van der Waals surface area contributed by atoms with Crippen molar-refractivity contribution in [1.29, 1.82) is 0 Å². The highest BCUT2D eigenvalue weighted by molar-refractivity contribution is 9.10. The van der Waals surface area contributed by atoms with Crippen LogP contribution in [-0.4, -0.2) is 35.1 Å². The molecule has 5 nitrogen and oxygen atoms in total. The summed E-state index contributed by atoms with van der Waals surface area (Å²) >= 11 is 3.41. The molecule has 0 heterocycles. The van der Waals surface area contributed by atoms with Gasteiger partial charge in [0.15, 0.2) is 0 Å². The number of aryl methyl sites for hydroxylation is 2. The first-order valence-electron chi connectivity index (χ1n) is 6.75. The van der Waals surface area contributed by atoms with Gasteiger partial charge in [0.05, 0.1) is 0 Å². The number of rotatable bonds is 5. The molecule has 0 aromatic heterocycles. The Kier molecular flexibility index (Phi) is 6.20. The number of benzene rings is 1. The Morgan fingerprint density at radius 2 is 1.81 bits per heavy atom. The first-order valence-corrected chi connectivity index (χ1v) is 7.54. The summed E-state index contributed by atoms with van der Waals surface area (Å²) in [6, 6.07) is 3.43. The monoisotopic (exact) mass is 356 g/mol. The van der Waals surface area contributed by atoms with Crippen molar-refractivity contribution in [2.24, 2.45) is 5.92 Å². The Morgan fingerprint density at radius 1 is 1.29 bits per heavy atom. The summed E-state index contributed by atoms with van der Waals surface area (Å²) in [5.41, 5.74) is 2.58. The summed E-state index contributed by atoms with van der Waals surface area (Å²) in [5.74, 6) is -0.822. The summed E-state index contributed by atoms with van der Waals surface area (Å²) in [6.45, 7) is 7.77. The van der Waals surface area contributed by atoms with E-state index >= 15 is 0 Å². The van der Waals surface area contributed by atoms with Crippen molar-refractivity contribution in [2.75, 3.05) is 18.4 Å². The van der Waals surface area contributed by atoms with Crippen LogP contribution in [0.5, 0.6) is 0 Å². The highest BCUT2D eigenvalue weighted by Crippen LogP contribution is 2.25. The molecule has 2 amide bonds. The van der Waals surface area contributed by atoms with Crippen LogP contribution >= 0.6 is 15.9 Å². The van der Waals surface area contributed by atoms with Crippen molar-refractivity contribution in [3.05, 3.63) is 27.7 Å². The molecule has 0 saturated carbocycles. The predicted octanol–water partition coefficient (Wildman–Crippen LogP) is 3.64. The molecule has 0 aliphatic carbocycles. The number of urea groups is 1. The third-order valence-electron chi connectivity index (χ3n) is 2.93. The van der Waals surface area contributed by atoms with E-state index in [0.29, 0.717) is 6.54 Å². The number of hydrogen-bond donors (Lipinski definition) is 2. The molecule has 0 atom stereocenters. The molecule has 0 saturated heterocycles. The fraction of sp³-hybridized carbons (Fsp3) is 0.467. The summed E-state index contributed by atoms with van der Waals surface area (Å²) in [4.78, 5) is 24.5. The van der Waals surface area contributed by atoms with E-state index in [1.807, 2.05) is 39.8 Å². The summed E-state index contributed by atoms with van der Waals surface area (Å²) in [6.07, 6.45) is 0. The van der Waals surface area contributed by atoms with Crippen LogP contribution in [0.4, 0.5) is 10.5 Å². The molecule has 0 aliphatic heterocycles. The summed E-state index contributed by atoms with van der Waals surface area (Å²) in [5, 5.41) is 11.7. The van der Waals surface area contributed by atoms with Gasteiger partial charge >= 0.3 is 12.0 Å². The second-order valence-corrected chi connectivity index (χ2v) is 6.43. The molecule has 116 valence electrons. The van der Waals surface area contributed by atoms with E-state index in [-0.39, 0.29) is 18.5 Å². The van der Waals surface area contributed by atoms with E-state index in [0.717, 1.165) is 21.3 Å². The van der Waals surface area contributed by atoms with Crippen LogP contribution in [0.3, 0.4) is 0 Å². The molecule has 1 aromatic rings. The number of anilines is 1. The Hall–Kier alpha value is -1.56. The van der Waals surface area contributed by atoms with Crippen LogP contribution in [-0.2, 0) is 4.79 Å². The normalized spacial score (nSPS) is 10.6. The standard InChI is InChI=1S/C15H21BrN2O3/c1-9(2)7-18(8-13(19)20)15(21)17-14-10(3)5-12(16)6-11(14)4/h5-6,9H,7-8H2,1-4H3,(H,17,21)(H,19,20). The van der Waals surface area contributed by atoms with E-state index in [4.69, 9.17) is 5.11 Å². The fourth-order valence-electron chi connectivity index (χ4n) is 2.12. The average molecular weight is 357 g/mol. The number of nitrogens with zero attached hydrogens (tertiary/aromatic N) is 1. The molecule has 6 heteroatoms. The van der Waals surface area contributed by atoms with Gasteiger partial charge < -0.3 is 15.3 Å². The van der Waals surface area contributed by atoms with Gasteiger partial charge in [0.2, 0.25) is 0 Å². The number of amides is 2. The molecule has 1 aromatic carbocycles. The highest BCUT2D eigenvalue weighted by atomic mass is 79.9. The lowest BCUT2D eigenvalue weighted by Crippen LogP contribution is -2.41. The maximum atomic E-state index is 12.3. The lowest BCUT2D eigenvalue weighted by Gasteiger charge is -2.24. The second-order valence-electron chi connectivity index (χ2n) is 5.51. The summed E-state index contributed by atoms with van der Waals surface area (Å²) in [7, 11) is 0. The zero-order chi connectivity index (χ0) is 16.2. The number of halogens is 1. The largest absolute Gasteiger partial charge is 0.480 e. The maximum absolute atomic E-state index is 12.3. The molecule has 0 bridgehead atoms. The Balaban J connectivity index is 2.93. The zero-order valence-corrected chi connectivity index (χ0v) is 14.3. The number of hydrogen-bond acceptors (Lipinski definition) is 2. The van der Waals surface area contributed by atoms with Crippen LogP contribution in [0.1, 0.15) is 25.0 Å². The van der Waals surface area contributed by atoms with Gasteiger partial charge in [-0.15, -0.1) is 0 Å². The van der Waals surface area contributed by atoms with Crippen LogP contribution in [0.15, 0.2) is 16.6 Å². The van der Waals surface area contributed by atoms with Crippen LogP contribution in [0.25, 0.3) is 0 Å². The average Bonchev–Trinajstić information content (AvgIpc) is 2.31. The topological polar surface area (TPSA) is 69.6 Å². The zero-order valence-electron chi connectivity index (χ0n) is 12.7. The van der Waals surface area contributed by atoms with Crippen molar-refractivity contribution < 1.29 is 14.7 Å². The Bertz CT molecular complexity index is 521. The minimum Gasteiger partial charge on any atom is -0.480 e. The third-order valence-corrected chi connectivity index (χ3v) is 3.39. The molecular formula is C15H21BrN2O3. The molecule has 2 N–H and O–H groups in total. The molecule has 1 rings (SSSR count). The van der Waals surface area contributed by atoms with Crippen LogP contribution in [0.2, 0.25) is 0 Å². The van der Waals surface area contributed by atoms with E-state index in [1.165, 1.54) is 4.90 Å². The van der Waals surface area contributed by atoms with E-state index in [9.17, 15) is 9.59 Å². The number of carboxylic acid groups (broad SMARTS) is 1. The van der Waals surface area contributed by atoms with Gasteiger partial charge in [-0.1, -0.05) is 29.8 Å². The van der Waals surface area contributed by atoms with Gasteiger partial charge in [0.25, 0.3) is 0 Å². The first-order chi connectivity index (χ1) is 9.70. The van der Waals surface area contributed by atoms with Gasteiger partial charge in [0.1, 0.15) is 6.54 Å². The Labute approximate surface area is 133 Å². The summed E-state index contributed by atoms with van der Waals surface area (Å²) < 4.78 is 0.945. The molecule has 0 fully saturated rings. The van der Waals surface area contributed by atoms with Crippen molar-refractivity contribution >= 4 is 33.6 Å². The predicted molar refractivity (Wildman–Crippen MR) is 86.7 cm³/mol. The van der Waals surface area contributed by atoms with Gasteiger partial charge in [-0.3, -0.25) is 4.79 Å². The Morgan fingerprint density at radius 3 is 2.24 bits per heavy atom. The molecule has 21 heavy (non-hydrogen) atoms. The molecule has 0 radical (unpaired) electrons. The van der Waals surface area contributed by atoms with Crippen LogP contribution in [0, 0.1) is 19.8 Å². The highest BCUT2D eigenvalue weighted by Gasteiger charge is 2.19. The number of aliphatic carboxylic acids is 1. The van der Waals surface area contributed by atoms with Gasteiger partial charge in [-0.2, -0.15) is 0 Å². The van der Waals surface area contributed by atoms with Gasteiger partial charge in [0, 0.05) is 16.7 Å². The first kappa shape index (κ1) is 17.5. The van der Waals surface area contributed by atoms with Gasteiger partial charge in [-0.25, -0.2) is 4.79 Å². The number of nitrogens with one attached hydrogen (secondary N) is 1. The van der Waals surface area contributed by atoms with Crippen LogP contribution < -0.4 is 5.32 Å². The quantitative estimate of drug-likeness (QED) is 0.845. The number of carbonyl (C=O) groups is 2. The minimum absolute atomic E-state index is 0.196. The molecular weight excluding hydrogens is 336 g/mol. The minimum atomic E-state index is -1.02. The van der Waals surface area contributed by atoms with Crippen molar-refractivity contribution in [3.8, 4) is 0 Å². The van der Waals surface area contributed by atoms with Gasteiger partial charge in [-0.05, 0) is 43.0 Å². The molecule has 0 unspecified atom stereocenters. The SMILES string of the molecule is Cc1cc(Br)cc(C)c1NC(=O)N(CC(=O)O)CC(C)C. The molecule has 0 aliphatic rings.